The van der Waals surface area contributed by atoms with Crippen LogP contribution >= 0.6 is 0 Å². The molecule has 0 aliphatic carbocycles. The highest BCUT2D eigenvalue weighted by molar-refractivity contribution is 5.71. The number of carbonyl (C=O) groups is 3. The molecule has 0 radical (unpaired) electrons. The van der Waals surface area contributed by atoms with Crippen LogP contribution in [-0.4, -0.2) is 37.2 Å². The van der Waals surface area contributed by atoms with Gasteiger partial charge in [-0.15, -0.1) is 0 Å². The maximum Gasteiger partial charge on any atom is 0.306 e. The first-order valence-electron chi connectivity index (χ1n) is 31.0. The standard InChI is InChI=1S/C64H118O6/c1-4-7-10-13-16-19-22-25-28-31-32-34-36-39-42-45-48-51-54-57-63(66)69-60-61(59-68-62(65)56-53-50-47-44-41-38-35-30-27-24-21-18-15-12-9-6-3)70-64(67)58-55-52-49-46-43-40-37-33-29-26-23-20-17-14-11-8-5-2/h26,29-30,35,38,41,61H,4-25,27-28,31-34,36-37,39-40,42-60H2,1-3H3/b29-26-,35-30-,41-38-. The third kappa shape index (κ3) is 56.5. The van der Waals surface area contributed by atoms with Crippen LogP contribution in [0.4, 0.5) is 0 Å². The summed E-state index contributed by atoms with van der Waals surface area (Å²) in [4.78, 5) is 38.2. The number of allylic oxidation sites excluding steroid dienone is 6. The zero-order valence-electron chi connectivity index (χ0n) is 47.1. The van der Waals surface area contributed by atoms with E-state index in [0.717, 1.165) is 70.6 Å². The van der Waals surface area contributed by atoms with Gasteiger partial charge in [-0.3, -0.25) is 14.4 Å². The summed E-state index contributed by atoms with van der Waals surface area (Å²) in [6.45, 7) is 6.66. The van der Waals surface area contributed by atoms with E-state index in [-0.39, 0.29) is 31.1 Å². The second kappa shape index (κ2) is 59.2. The lowest BCUT2D eigenvalue weighted by molar-refractivity contribution is -0.167. The van der Waals surface area contributed by atoms with Crippen molar-refractivity contribution in [3.63, 3.8) is 0 Å². The van der Waals surface area contributed by atoms with Gasteiger partial charge in [-0.25, -0.2) is 0 Å². The third-order valence-electron chi connectivity index (χ3n) is 13.9. The maximum absolute atomic E-state index is 12.9. The summed E-state index contributed by atoms with van der Waals surface area (Å²) < 4.78 is 16.9. The topological polar surface area (TPSA) is 78.9 Å². The van der Waals surface area contributed by atoms with E-state index in [4.69, 9.17) is 14.2 Å². The molecule has 0 aliphatic heterocycles. The zero-order chi connectivity index (χ0) is 50.7. The molecular weight excluding hydrogens is 865 g/mol. The first-order valence-corrected chi connectivity index (χ1v) is 31.0. The minimum atomic E-state index is -0.783. The number of unbranched alkanes of at least 4 members (excludes halogenated alkanes) is 41. The van der Waals surface area contributed by atoms with E-state index in [9.17, 15) is 14.4 Å². The minimum Gasteiger partial charge on any atom is -0.462 e. The minimum absolute atomic E-state index is 0.0783. The Morgan fingerprint density at radius 1 is 0.286 bits per heavy atom. The lowest BCUT2D eigenvalue weighted by Gasteiger charge is -2.18. The van der Waals surface area contributed by atoms with Gasteiger partial charge >= 0.3 is 17.9 Å². The van der Waals surface area contributed by atoms with Gasteiger partial charge in [0.2, 0.25) is 0 Å². The number of rotatable bonds is 57. The van der Waals surface area contributed by atoms with Gasteiger partial charge in [0.1, 0.15) is 13.2 Å². The molecule has 6 nitrogen and oxygen atoms in total. The molecule has 0 amide bonds. The third-order valence-corrected chi connectivity index (χ3v) is 13.9. The van der Waals surface area contributed by atoms with Crippen molar-refractivity contribution in [1.29, 1.82) is 0 Å². The first kappa shape index (κ1) is 67.6. The van der Waals surface area contributed by atoms with Gasteiger partial charge in [-0.1, -0.05) is 282 Å². The fourth-order valence-electron chi connectivity index (χ4n) is 9.20. The summed E-state index contributed by atoms with van der Waals surface area (Å²) in [5.74, 6) is -0.889. The number of esters is 3. The molecule has 0 saturated carbocycles. The van der Waals surface area contributed by atoms with Crippen molar-refractivity contribution >= 4 is 17.9 Å². The average molecular weight is 984 g/mol. The van der Waals surface area contributed by atoms with Gasteiger partial charge < -0.3 is 14.2 Å². The van der Waals surface area contributed by atoms with Gasteiger partial charge in [0.05, 0.1) is 0 Å². The van der Waals surface area contributed by atoms with E-state index in [1.807, 2.05) is 0 Å². The number of carbonyl (C=O) groups excluding carboxylic acids is 3. The molecular formula is C64H118O6. The smallest absolute Gasteiger partial charge is 0.306 e. The second-order valence-corrected chi connectivity index (χ2v) is 21.0. The van der Waals surface area contributed by atoms with Crippen LogP contribution in [0, 0.1) is 0 Å². The van der Waals surface area contributed by atoms with Crippen molar-refractivity contribution in [2.75, 3.05) is 13.2 Å². The molecule has 0 fully saturated rings. The predicted molar refractivity (Wildman–Crippen MR) is 302 cm³/mol. The molecule has 70 heavy (non-hydrogen) atoms. The van der Waals surface area contributed by atoms with E-state index in [2.05, 4.69) is 57.2 Å². The Balaban J connectivity index is 4.36. The molecule has 0 bridgehead atoms. The van der Waals surface area contributed by atoms with Crippen LogP contribution in [0.2, 0.25) is 0 Å². The quantitative estimate of drug-likeness (QED) is 0.0199. The lowest BCUT2D eigenvalue weighted by Crippen LogP contribution is -2.30. The van der Waals surface area contributed by atoms with Crippen molar-refractivity contribution in [2.45, 2.75) is 341 Å². The molecule has 0 saturated heterocycles. The highest BCUT2D eigenvalue weighted by Crippen LogP contribution is 2.17. The van der Waals surface area contributed by atoms with Crippen molar-refractivity contribution in [1.82, 2.24) is 0 Å². The summed E-state index contributed by atoms with van der Waals surface area (Å²) in [5.41, 5.74) is 0. The van der Waals surface area contributed by atoms with E-state index >= 15 is 0 Å². The van der Waals surface area contributed by atoms with E-state index in [1.54, 1.807) is 0 Å². The van der Waals surface area contributed by atoms with Crippen LogP contribution in [0.5, 0.6) is 0 Å². The molecule has 0 aromatic heterocycles. The van der Waals surface area contributed by atoms with Crippen LogP contribution in [0.15, 0.2) is 36.5 Å². The van der Waals surface area contributed by atoms with Crippen molar-refractivity contribution in [3.8, 4) is 0 Å². The molecule has 0 rings (SSSR count). The highest BCUT2D eigenvalue weighted by atomic mass is 16.6. The zero-order valence-corrected chi connectivity index (χ0v) is 47.1. The van der Waals surface area contributed by atoms with Gasteiger partial charge in [-0.05, 0) is 70.6 Å². The fourth-order valence-corrected chi connectivity index (χ4v) is 9.20. The summed E-state index contributed by atoms with van der Waals surface area (Å²) in [6, 6.07) is 0. The van der Waals surface area contributed by atoms with E-state index in [0.29, 0.717) is 19.3 Å². The molecule has 0 spiro atoms. The Labute approximate surface area is 435 Å². The molecule has 0 heterocycles. The normalized spacial score (nSPS) is 12.2. The van der Waals surface area contributed by atoms with Crippen LogP contribution in [-0.2, 0) is 28.6 Å². The van der Waals surface area contributed by atoms with Crippen LogP contribution < -0.4 is 0 Å². The number of hydrogen-bond donors (Lipinski definition) is 0. The Kier molecular flexibility index (Phi) is 57.2. The van der Waals surface area contributed by atoms with Crippen LogP contribution in [0.1, 0.15) is 335 Å². The monoisotopic (exact) mass is 983 g/mol. The van der Waals surface area contributed by atoms with E-state index in [1.165, 1.54) is 225 Å². The Hall–Kier alpha value is -2.37. The largest absolute Gasteiger partial charge is 0.462 e. The SMILES string of the molecule is CCCCCCCC/C=C\CCCCCCCCCC(=O)OC(COC(=O)CCCCC/C=C\C=C/CCCCCCCCC)COC(=O)CCCCCCCCCCCCCCCCCCCCC. The van der Waals surface area contributed by atoms with Gasteiger partial charge in [-0.2, -0.15) is 0 Å². The molecule has 0 aromatic rings. The van der Waals surface area contributed by atoms with Crippen LogP contribution in [0.25, 0.3) is 0 Å². The summed E-state index contributed by atoms with van der Waals surface area (Å²) in [5, 5.41) is 0. The summed E-state index contributed by atoms with van der Waals surface area (Å²) >= 11 is 0. The molecule has 410 valence electrons. The lowest BCUT2D eigenvalue weighted by atomic mass is 10.0. The Morgan fingerprint density at radius 3 is 0.814 bits per heavy atom. The fraction of sp³-hybridized carbons (Fsp3) is 0.859. The van der Waals surface area contributed by atoms with Crippen LogP contribution in [0.3, 0.4) is 0 Å². The molecule has 0 aliphatic rings. The number of ether oxygens (including phenoxy) is 3. The van der Waals surface area contributed by atoms with E-state index < -0.39 is 6.10 Å². The molecule has 1 atom stereocenters. The maximum atomic E-state index is 12.9. The molecule has 0 N–H and O–H groups in total. The molecule has 1 unspecified atom stereocenters. The second-order valence-electron chi connectivity index (χ2n) is 21.0. The van der Waals surface area contributed by atoms with Crippen molar-refractivity contribution in [2.24, 2.45) is 0 Å². The van der Waals surface area contributed by atoms with Gasteiger partial charge in [0.25, 0.3) is 0 Å². The predicted octanol–water partition coefficient (Wildman–Crippen LogP) is 20.8. The molecule has 6 heteroatoms. The Morgan fingerprint density at radius 2 is 0.514 bits per heavy atom. The average Bonchev–Trinajstić information content (AvgIpc) is 3.36. The highest BCUT2D eigenvalue weighted by Gasteiger charge is 2.19. The first-order chi connectivity index (χ1) is 34.5. The summed E-state index contributed by atoms with van der Waals surface area (Å²) in [7, 11) is 0. The summed E-state index contributed by atoms with van der Waals surface area (Å²) in [6.07, 6.45) is 71.4. The van der Waals surface area contributed by atoms with Crippen molar-refractivity contribution < 1.29 is 28.6 Å². The molecule has 0 aromatic carbocycles. The van der Waals surface area contributed by atoms with Gasteiger partial charge in [0, 0.05) is 19.3 Å². The van der Waals surface area contributed by atoms with Crippen molar-refractivity contribution in [3.05, 3.63) is 36.5 Å². The number of hydrogen-bond acceptors (Lipinski definition) is 6. The Bertz CT molecular complexity index is 1170. The van der Waals surface area contributed by atoms with Gasteiger partial charge in [0.15, 0.2) is 6.10 Å².